The van der Waals surface area contributed by atoms with Gasteiger partial charge in [-0.1, -0.05) is 18.2 Å². The molecule has 0 saturated heterocycles. The average Bonchev–Trinajstić information content (AvgIpc) is 2.35. The number of hydrogen-bond donors (Lipinski definition) is 0. The fourth-order valence-corrected chi connectivity index (χ4v) is 1.73. The van der Waals surface area contributed by atoms with Gasteiger partial charge in [0.1, 0.15) is 0 Å². The minimum Gasteiger partial charge on any atom is -0.269 e. The van der Waals surface area contributed by atoms with Gasteiger partial charge in [0.2, 0.25) is 0 Å². The number of nitrogens with zero attached hydrogens (tertiary/aromatic N) is 2. The van der Waals surface area contributed by atoms with E-state index < -0.39 is 17.2 Å². The van der Waals surface area contributed by atoms with Crippen molar-refractivity contribution in [3.63, 3.8) is 0 Å². The molecule has 0 radical (unpaired) electrons. The summed E-state index contributed by atoms with van der Waals surface area (Å²) >= 11 is 1.71. The maximum atomic E-state index is 12.0. The van der Waals surface area contributed by atoms with Gasteiger partial charge in [-0.3, -0.25) is 9.59 Å². The standard InChI is InChI=1S/C11H7IN2O3/c12-13-7-6-9(15)14(11(13)17)10(16)8-4-2-1-3-5-8/h1-7H. The summed E-state index contributed by atoms with van der Waals surface area (Å²) in [5.41, 5.74) is -0.988. The molecule has 2 rings (SSSR count). The van der Waals surface area contributed by atoms with E-state index in [2.05, 4.69) is 0 Å². The highest BCUT2D eigenvalue weighted by atomic mass is 127. The molecule has 17 heavy (non-hydrogen) atoms. The van der Waals surface area contributed by atoms with Gasteiger partial charge in [0.15, 0.2) is 0 Å². The predicted octanol–water partition coefficient (Wildman–Crippen LogP) is 0.897. The molecule has 0 aliphatic heterocycles. The molecule has 0 amide bonds. The van der Waals surface area contributed by atoms with Crippen LogP contribution in [0.25, 0.3) is 0 Å². The minimum atomic E-state index is -0.660. The van der Waals surface area contributed by atoms with Crippen LogP contribution in [-0.2, 0) is 0 Å². The molecular weight excluding hydrogens is 335 g/mol. The summed E-state index contributed by atoms with van der Waals surface area (Å²) in [4.78, 5) is 35.2. The quantitative estimate of drug-likeness (QED) is 0.724. The van der Waals surface area contributed by atoms with E-state index in [4.69, 9.17) is 0 Å². The van der Waals surface area contributed by atoms with Crippen LogP contribution < -0.4 is 11.2 Å². The Hall–Kier alpha value is -1.70. The lowest BCUT2D eigenvalue weighted by molar-refractivity contribution is 0.0950. The van der Waals surface area contributed by atoms with Crippen LogP contribution in [0.3, 0.4) is 0 Å². The van der Waals surface area contributed by atoms with Gasteiger partial charge in [0.25, 0.3) is 11.5 Å². The molecule has 1 aromatic heterocycles. The number of halogens is 1. The molecule has 0 atom stereocenters. The first-order valence-electron chi connectivity index (χ1n) is 4.72. The van der Waals surface area contributed by atoms with Crippen molar-refractivity contribution < 1.29 is 4.79 Å². The number of benzene rings is 1. The van der Waals surface area contributed by atoms with E-state index in [0.717, 1.165) is 2.78 Å². The monoisotopic (exact) mass is 342 g/mol. The van der Waals surface area contributed by atoms with Crippen molar-refractivity contribution in [3.05, 3.63) is 69.0 Å². The Morgan fingerprint density at radius 3 is 2.35 bits per heavy atom. The van der Waals surface area contributed by atoms with Gasteiger partial charge in [-0.2, -0.15) is 4.57 Å². The van der Waals surface area contributed by atoms with Gasteiger partial charge in [-0.15, -0.1) is 0 Å². The van der Waals surface area contributed by atoms with Crippen molar-refractivity contribution >= 4 is 28.8 Å². The zero-order valence-corrected chi connectivity index (χ0v) is 10.7. The second-order valence-corrected chi connectivity index (χ2v) is 4.29. The zero-order valence-electron chi connectivity index (χ0n) is 8.54. The first kappa shape index (κ1) is 11.8. The van der Waals surface area contributed by atoms with Gasteiger partial charge >= 0.3 is 5.69 Å². The topological polar surface area (TPSA) is 61.1 Å². The van der Waals surface area contributed by atoms with Gasteiger partial charge in [0.05, 0.1) is 22.9 Å². The smallest absolute Gasteiger partial charge is 0.269 e. The van der Waals surface area contributed by atoms with Gasteiger partial charge in [0, 0.05) is 17.8 Å². The first-order chi connectivity index (χ1) is 8.11. The van der Waals surface area contributed by atoms with Crippen LogP contribution in [0.1, 0.15) is 10.4 Å². The zero-order chi connectivity index (χ0) is 12.4. The third kappa shape index (κ3) is 2.21. The highest BCUT2D eigenvalue weighted by Gasteiger charge is 2.13. The Labute approximate surface area is 110 Å². The lowest BCUT2D eigenvalue weighted by atomic mass is 10.2. The molecule has 2 aromatic rings. The molecule has 6 heteroatoms. The maximum Gasteiger partial charge on any atom is 0.347 e. The molecule has 0 spiro atoms. The summed E-state index contributed by atoms with van der Waals surface area (Å²) in [6, 6.07) is 9.38. The van der Waals surface area contributed by atoms with E-state index >= 15 is 0 Å². The van der Waals surface area contributed by atoms with Gasteiger partial charge in [-0.25, -0.2) is 7.58 Å². The van der Waals surface area contributed by atoms with E-state index in [0.29, 0.717) is 10.1 Å². The number of carbonyl (C=O) groups is 1. The lowest BCUT2D eigenvalue weighted by Gasteiger charge is -2.03. The van der Waals surface area contributed by atoms with E-state index in [1.165, 1.54) is 12.3 Å². The van der Waals surface area contributed by atoms with Crippen LogP contribution >= 0.6 is 22.9 Å². The van der Waals surface area contributed by atoms with Gasteiger partial charge in [-0.05, 0) is 12.1 Å². The van der Waals surface area contributed by atoms with E-state index in [-0.39, 0.29) is 0 Å². The molecule has 0 bridgehead atoms. The Kier molecular flexibility index (Phi) is 3.23. The molecule has 0 saturated carbocycles. The predicted molar refractivity (Wildman–Crippen MR) is 70.6 cm³/mol. The maximum absolute atomic E-state index is 12.0. The third-order valence-corrected chi connectivity index (χ3v) is 2.90. The molecule has 0 N–H and O–H groups in total. The summed E-state index contributed by atoms with van der Waals surface area (Å²) < 4.78 is 1.77. The normalized spacial score (nSPS) is 10.2. The van der Waals surface area contributed by atoms with Crippen molar-refractivity contribution in [2.45, 2.75) is 0 Å². The second-order valence-electron chi connectivity index (χ2n) is 3.25. The highest BCUT2D eigenvalue weighted by Crippen LogP contribution is 1.99. The number of carbonyl (C=O) groups excluding carboxylic acids is 1. The molecular formula is C11H7IN2O3. The molecule has 0 unspecified atom stereocenters. The van der Waals surface area contributed by atoms with Crippen molar-refractivity contribution in [3.8, 4) is 0 Å². The van der Waals surface area contributed by atoms with Gasteiger partial charge < -0.3 is 0 Å². The molecule has 0 fully saturated rings. The molecule has 1 aromatic carbocycles. The number of hydrogen-bond acceptors (Lipinski definition) is 3. The molecule has 1 heterocycles. The first-order valence-corrected chi connectivity index (χ1v) is 5.68. The van der Waals surface area contributed by atoms with Crippen molar-refractivity contribution in [1.82, 2.24) is 7.35 Å². The fraction of sp³-hybridized carbons (Fsp3) is 0. The lowest BCUT2D eigenvalue weighted by Crippen LogP contribution is -2.41. The van der Waals surface area contributed by atoms with E-state index in [1.807, 2.05) is 0 Å². The van der Waals surface area contributed by atoms with E-state index in [1.54, 1.807) is 53.2 Å². The fourth-order valence-electron chi connectivity index (χ4n) is 1.35. The van der Waals surface area contributed by atoms with Crippen LogP contribution in [0.4, 0.5) is 0 Å². The summed E-state index contributed by atoms with van der Waals surface area (Å²) in [5.74, 6) is -0.619. The summed E-state index contributed by atoms with van der Waals surface area (Å²) in [6.07, 6.45) is 1.32. The number of rotatable bonds is 1. The van der Waals surface area contributed by atoms with Crippen LogP contribution in [-0.4, -0.2) is 13.3 Å². The van der Waals surface area contributed by atoms with Crippen molar-refractivity contribution in [1.29, 1.82) is 0 Å². The Balaban J connectivity index is 2.64. The summed E-state index contributed by atoms with van der Waals surface area (Å²) in [5, 5.41) is 0. The SMILES string of the molecule is O=C(c1ccccc1)n1c(=O)ccn(I)c1=O. The van der Waals surface area contributed by atoms with Crippen molar-refractivity contribution in [2.24, 2.45) is 0 Å². The number of aromatic nitrogens is 2. The Morgan fingerprint density at radius 2 is 1.71 bits per heavy atom. The largest absolute Gasteiger partial charge is 0.347 e. The van der Waals surface area contributed by atoms with Crippen LogP contribution in [0.5, 0.6) is 0 Å². The summed E-state index contributed by atoms with van der Waals surface area (Å²) in [7, 11) is 0. The second kappa shape index (κ2) is 4.66. The van der Waals surface area contributed by atoms with Crippen LogP contribution in [0.15, 0.2) is 52.2 Å². The van der Waals surface area contributed by atoms with Crippen LogP contribution in [0.2, 0.25) is 0 Å². The summed E-state index contributed by atoms with van der Waals surface area (Å²) in [6.45, 7) is 0. The molecule has 0 aliphatic rings. The average molecular weight is 342 g/mol. The van der Waals surface area contributed by atoms with Crippen LogP contribution in [0, 0.1) is 0 Å². The highest BCUT2D eigenvalue weighted by molar-refractivity contribution is 14.1. The van der Waals surface area contributed by atoms with Crippen molar-refractivity contribution in [2.75, 3.05) is 0 Å². The Bertz CT molecular complexity index is 673. The van der Waals surface area contributed by atoms with E-state index in [9.17, 15) is 14.4 Å². The third-order valence-electron chi connectivity index (χ3n) is 2.17. The molecule has 86 valence electrons. The Morgan fingerprint density at radius 1 is 1.06 bits per heavy atom. The minimum absolute atomic E-state index is 0.300. The molecule has 5 nitrogen and oxygen atoms in total. The molecule has 0 aliphatic carbocycles.